The average Bonchev–Trinajstić information content (AvgIpc) is 2.45. The predicted octanol–water partition coefficient (Wildman–Crippen LogP) is 0.234. The Morgan fingerprint density at radius 1 is 1.25 bits per heavy atom. The van der Waals surface area contributed by atoms with Gasteiger partial charge in [0, 0.05) is 17.8 Å². The van der Waals surface area contributed by atoms with Gasteiger partial charge in [-0.3, -0.25) is 14.8 Å². The molecule has 0 bridgehead atoms. The third kappa shape index (κ3) is 2.05. The zero-order valence-electron chi connectivity index (χ0n) is 10.3. The Morgan fingerprint density at radius 2 is 2.10 bits per heavy atom. The van der Waals surface area contributed by atoms with Gasteiger partial charge in [0.05, 0.1) is 6.54 Å². The van der Waals surface area contributed by atoms with E-state index in [4.69, 9.17) is 0 Å². The van der Waals surface area contributed by atoms with E-state index in [1.807, 2.05) is 29.2 Å². The van der Waals surface area contributed by atoms with Crippen molar-refractivity contribution in [3.63, 3.8) is 0 Å². The molecule has 0 saturated heterocycles. The Bertz CT molecular complexity index is 892. The maximum atomic E-state index is 11.7. The smallest absolute Gasteiger partial charge is 0.345 e. The molecule has 2 N–H and O–H groups in total. The van der Waals surface area contributed by atoms with E-state index in [-0.39, 0.29) is 6.54 Å². The van der Waals surface area contributed by atoms with E-state index in [0.29, 0.717) is 0 Å². The van der Waals surface area contributed by atoms with Crippen molar-refractivity contribution < 1.29 is 5.11 Å². The van der Waals surface area contributed by atoms with Crippen molar-refractivity contribution in [3.05, 3.63) is 63.1 Å². The number of aromatic hydroxyl groups is 1. The second-order valence-corrected chi connectivity index (χ2v) is 4.25. The van der Waals surface area contributed by atoms with Gasteiger partial charge in [0.15, 0.2) is 0 Å². The molecule has 0 aliphatic heterocycles. The third-order valence-electron chi connectivity index (χ3n) is 2.96. The summed E-state index contributed by atoms with van der Waals surface area (Å²) in [5.41, 5.74) is -0.724. The van der Waals surface area contributed by atoms with Gasteiger partial charge in [-0.1, -0.05) is 18.2 Å². The van der Waals surface area contributed by atoms with Gasteiger partial charge in [0.25, 0.3) is 5.88 Å². The van der Waals surface area contributed by atoms with Crippen LogP contribution in [0.3, 0.4) is 0 Å². The molecule has 1 aromatic carbocycles. The van der Waals surface area contributed by atoms with Crippen LogP contribution in [0.4, 0.5) is 0 Å². The summed E-state index contributed by atoms with van der Waals surface area (Å²) in [5.74, 6) is -0.730. The lowest BCUT2D eigenvalue weighted by atomic mass is 10.1. The highest BCUT2D eigenvalue weighted by atomic mass is 16.3. The molecule has 7 nitrogen and oxygen atoms in total. The zero-order valence-corrected chi connectivity index (χ0v) is 10.3. The lowest BCUT2D eigenvalue weighted by Crippen LogP contribution is -2.32. The number of pyridine rings is 1. The van der Waals surface area contributed by atoms with Gasteiger partial charge in [0.2, 0.25) is 0 Å². The van der Waals surface area contributed by atoms with Crippen LogP contribution in [0.15, 0.2) is 46.2 Å². The fraction of sp³-hybridized carbons (Fsp3) is 0.0769. The molecule has 0 unspecified atom stereocenters. The first-order chi connectivity index (χ1) is 9.65. The lowest BCUT2D eigenvalue weighted by molar-refractivity contribution is 0.409. The molecule has 0 aliphatic rings. The molecule has 0 amide bonds. The van der Waals surface area contributed by atoms with Gasteiger partial charge in [-0.25, -0.2) is 9.48 Å². The predicted molar refractivity (Wildman–Crippen MR) is 71.6 cm³/mol. The van der Waals surface area contributed by atoms with E-state index in [1.165, 1.54) is 0 Å². The molecule has 2 aromatic heterocycles. The molecule has 0 aliphatic carbocycles. The third-order valence-corrected chi connectivity index (χ3v) is 2.96. The fourth-order valence-electron chi connectivity index (χ4n) is 2.02. The van der Waals surface area contributed by atoms with E-state index >= 15 is 0 Å². The minimum absolute atomic E-state index is 0.143. The maximum Gasteiger partial charge on any atom is 0.345 e. The molecule has 0 radical (unpaired) electrons. The molecular weight excluding hydrogens is 260 g/mol. The van der Waals surface area contributed by atoms with Crippen LogP contribution in [-0.4, -0.2) is 24.9 Å². The van der Waals surface area contributed by atoms with Gasteiger partial charge < -0.3 is 5.11 Å². The van der Waals surface area contributed by atoms with Gasteiger partial charge in [-0.05, 0) is 17.0 Å². The van der Waals surface area contributed by atoms with Crippen LogP contribution in [0.5, 0.6) is 5.88 Å². The van der Waals surface area contributed by atoms with Crippen molar-refractivity contribution in [3.8, 4) is 5.88 Å². The number of hydrogen-bond acceptors (Lipinski definition) is 5. The number of nitrogens with one attached hydrogen (secondary N) is 1. The topological polar surface area (TPSA) is 101 Å². The largest absolute Gasteiger partial charge is 0.488 e. The minimum atomic E-state index is -0.895. The van der Waals surface area contributed by atoms with Crippen molar-refractivity contribution >= 4 is 10.8 Å². The summed E-state index contributed by atoms with van der Waals surface area (Å²) in [6.45, 7) is 0.143. The van der Waals surface area contributed by atoms with Crippen LogP contribution in [0.1, 0.15) is 5.56 Å². The van der Waals surface area contributed by atoms with Crippen molar-refractivity contribution in [2.75, 3.05) is 0 Å². The van der Waals surface area contributed by atoms with Crippen LogP contribution in [0, 0.1) is 0 Å². The van der Waals surface area contributed by atoms with E-state index < -0.39 is 17.1 Å². The van der Waals surface area contributed by atoms with E-state index in [1.54, 1.807) is 12.4 Å². The molecule has 0 fully saturated rings. The molecule has 3 rings (SSSR count). The van der Waals surface area contributed by atoms with Gasteiger partial charge >= 0.3 is 11.2 Å². The second kappa shape index (κ2) is 4.61. The normalized spacial score (nSPS) is 10.8. The molecule has 0 saturated carbocycles. The van der Waals surface area contributed by atoms with Crippen molar-refractivity contribution in [2.45, 2.75) is 6.54 Å². The summed E-state index contributed by atoms with van der Waals surface area (Å²) in [6.07, 6.45) is 3.38. The van der Waals surface area contributed by atoms with E-state index in [9.17, 15) is 14.7 Å². The summed E-state index contributed by atoms with van der Waals surface area (Å²) in [5, 5.41) is 14.7. The number of aromatic amines is 1. The Balaban J connectivity index is 2.13. The Kier molecular flexibility index (Phi) is 2.79. The molecule has 100 valence electrons. The lowest BCUT2D eigenvalue weighted by Gasteiger charge is -2.07. The molecule has 2 heterocycles. The fourth-order valence-corrected chi connectivity index (χ4v) is 2.02. The summed E-state index contributed by atoms with van der Waals surface area (Å²) in [7, 11) is 0. The molecule has 0 spiro atoms. The molecule has 7 heteroatoms. The first kappa shape index (κ1) is 12.1. The summed E-state index contributed by atoms with van der Waals surface area (Å²) in [4.78, 5) is 28.8. The van der Waals surface area contributed by atoms with Crippen molar-refractivity contribution in [2.24, 2.45) is 0 Å². The van der Waals surface area contributed by atoms with Gasteiger partial charge in [-0.15, -0.1) is 5.10 Å². The standard InChI is InChI=1S/C13H10N4O3/c18-11-12(19)16-17(13(20)15-11)7-9-3-1-2-8-6-14-5-4-10(8)9/h1-6H,7H2,(H,16,19)(H,15,18,20). The van der Waals surface area contributed by atoms with Crippen LogP contribution in [-0.2, 0) is 6.54 Å². The van der Waals surface area contributed by atoms with Crippen molar-refractivity contribution in [1.29, 1.82) is 0 Å². The Hall–Kier alpha value is -2.96. The number of nitrogens with zero attached hydrogens (tertiary/aromatic N) is 3. The van der Waals surface area contributed by atoms with E-state index in [2.05, 4.69) is 10.1 Å². The Labute approximate surface area is 112 Å². The quantitative estimate of drug-likeness (QED) is 0.694. The maximum absolute atomic E-state index is 11.7. The number of fused-ring (bicyclic) bond motifs is 1. The number of H-pyrrole nitrogens is 1. The SMILES string of the molecule is O=c1[nH]c(=O)n(Cc2cccc3cnccc23)nc1O. The summed E-state index contributed by atoms with van der Waals surface area (Å²) >= 11 is 0. The Morgan fingerprint density at radius 3 is 2.95 bits per heavy atom. The van der Waals surface area contributed by atoms with Crippen LogP contribution in [0.25, 0.3) is 10.8 Å². The monoisotopic (exact) mass is 270 g/mol. The second-order valence-electron chi connectivity index (χ2n) is 4.25. The number of aromatic nitrogens is 4. The average molecular weight is 270 g/mol. The van der Waals surface area contributed by atoms with Crippen LogP contribution >= 0.6 is 0 Å². The number of rotatable bonds is 2. The first-order valence-electron chi connectivity index (χ1n) is 5.87. The number of benzene rings is 1. The van der Waals surface area contributed by atoms with Crippen LogP contribution in [0.2, 0.25) is 0 Å². The highest BCUT2D eigenvalue weighted by Gasteiger charge is 2.07. The molecule has 0 atom stereocenters. The van der Waals surface area contributed by atoms with Crippen LogP contribution < -0.4 is 11.2 Å². The summed E-state index contributed by atoms with van der Waals surface area (Å²) < 4.78 is 1.01. The van der Waals surface area contributed by atoms with Gasteiger partial charge in [0.1, 0.15) is 0 Å². The molecule has 3 aromatic rings. The first-order valence-corrected chi connectivity index (χ1v) is 5.87. The van der Waals surface area contributed by atoms with Gasteiger partial charge in [-0.2, -0.15) is 0 Å². The van der Waals surface area contributed by atoms with Crippen molar-refractivity contribution in [1.82, 2.24) is 19.7 Å². The molecular formula is C13H10N4O3. The van der Waals surface area contributed by atoms with E-state index in [0.717, 1.165) is 21.0 Å². The summed E-state index contributed by atoms with van der Waals surface area (Å²) in [6, 6.07) is 7.43. The highest BCUT2D eigenvalue weighted by molar-refractivity contribution is 5.84. The number of hydrogen-bond donors (Lipinski definition) is 2. The molecule has 20 heavy (non-hydrogen) atoms. The minimum Gasteiger partial charge on any atom is -0.488 e. The zero-order chi connectivity index (χ0) is 14.1. The highest BCUT2D eigenvalue weighted by Crippen LogP contribution is 2.17.